The Kier molecular flexibility index (Phi) is 8.51. The second-order valence-corrected chi connectivity index (χ2v) is 9.73. The Bertz CT molecular complexity index is 1520. The van der Waals surface area contributed by atoms with Crippen LogP contribution in [0.4, 0.5) is 0 Å². The molecule has 2 heterocycles. The number of nitrogens with zero attached hydrogens (tertiary/aromatic N) is 2. The van der Waals surface area contributed by atoms with Gasteiger partial charge in [0.25, 0.3) is 5.56 Å². The summed E-state index contributed by atoms with van der Waals surface area (Å²) in [6.45, 7) is 8.71. The van der Waals surface area contributed by atoms with Crippen LogP contribution in [0.5, 0.6) is 11.5 Å². The molecule has 0 aliphatic carbocycles. The predicted molar refractivity (Wildman–Crippen MR) is 145 cm³/mol. The second kappa shape index (κ2) is 11.8. The van der Waals surface area contributed by atoms with Gasteiger partial charge in [0.2, 0.25) is 0 Å². The van der Waals surface area contributed by atoms with Gasteiger partial charge >= 0.3 is 5.97 Å². The Morgan fingerprint density at radius 2 is 1.89 bits per heavy atom. The van der Waals surface area contributed by atoms with Crippen molar-refractivity contribution >= 4 is 35.0 Å². The number of halogens is 1. The highest BCUT2D eigenvalue weighted by molar-refractivity contribution is 7.07. The minimum Gasteiger partial charge on any atom is -0.490 e. The van der Waals surface area contributed by atoms with Gasteiger partial charge in [-0.25, -0.2) is 9.79 Å². The molecule has 7 nitrogen and oxygen atoms in total. The molecule has 0 spiro atoms. The van der Waals surface area contributed by atoms with E-state index >= 15 is 0 Å². The van der Waals surface area contributed by atoms with Crippen molar-refractivity contribution in [2.75, 3.05) is 19.8 Å². The fraction of sp³-hybridized carbons (Fsp3) is 0.321. The number of hydrogen-bond acceptors (Lipinski definition) is 7. The Morgan fingerprint density at radius 1 is 1.11 bits per heavy atom. The molecule has 1 aromatic heterocycles. The van der Waals surface area contributed by atoms with Crippen molar-refractivity contribution in [3.8, 4) is 11.5 Å². The van der Waals surface area contributed by atoms with Crippen molar-refractivity contribution in [3.05, 3.63) is 89.6 Å². The van der Waals surface area contributed by atoms with E-state index in [4.69, 9.17) is 25.8 Å². The van der Waals surface area contributed by atoms with Crippen LogP contribution in [0.1, 0.15) is 51.3 Å². The lowest BCUT2D eigenvalue weighted by atomic mass is 9.96. The van der Waals surface area contributed by atoms with Crippen molar-refractivity contribution in [2.45, 2.75) is 40.2 Å². The molecule has 37 heavy (non-hydrogen) atoms. The second-order valence-electron chi connectivity index (χ2n) is 8.31. The van der Waals surface area contributed by atoms with Crippen LogP contribution in [0.2, 0.25) is 5.02 Å². The number of thiazole rings is 1. The van der Waals surface area contributed by atoms with Crippen LogP contribution in [-0.4, -0.2) is 30.4 Å². The third-order valence-corrected chi connectivity index (χ3v) is 7.07. The molecule has 9 heteroatoms. The van der Waals surface area contributed by atoms with Crippen LogP contribution in [0.25, 0.3) is 6.08 Å². The molecular weight excluding hydrogens is 512 g/mol. The van der Waals surface area contributed by atoms with E-state index in [9.17, 15) is 9.59 Å². The summed E-state index contributed by atoms with van der Waals surface area (Å²) in [5.41, 5.74) is 1.93. The molecule has 0 unspecified atom stereocenters. The van der Waals surface area contributed by atoms with Gasteiger partial charge in [0.1, 0.15) is 6.04 Å². The first-order chi connectivity index (χ1) is 17.9. The van der Waals surface area contributed by atoms with Crippen molar-refractivity contribution in [1.29, 1.82) is 0 Å². The lowest BCUT2D eigenvalue weighted by Crippen LogP contribution is -2.40. The Balaban J connectivity index is 1.88. The highest BCUT2D eigenvalue weighted by Gasteiger charge is 2.34. The van der Waals surface area contributed by atoms with Gasteiger partial charge in [-0.3, -0.25) is 9.36 Å². The summed E-state index contributed by atoms with van der Waals surface area (Å²) in [5, 5.41) is 0.447. The van der Waals surface area contributed by atoms with Crippen molar-refractivity contribution < 1.29 is 19.0 Å². The number of fused-ring (bicyclic) bond motifs is 1. The van der Waals surface area contributed by atoms with Crippen LogP contribution in [0, 0.1) is 0 Å². The molecular formula is C28H29ClN2O5S. The molecule has 0 bridgehead atoms. The summed E-state index contributed by atoms with van der Waals surface area (Å²) in [7, 11) is 0. The van der Waals surface area contributed by atoms with Gasteiger partial charge in [-0.05, 0) is 62.6 Å². The third kappa shape index (κ3) is 5.50. The highest BCUT2D eigenvalue weighted by Crippen LogP contribution is 2.34. The van der Waals surface area contributed by atoms with Gasteiger partial charge in [0.05, 0.1) is 35.6 Å². The number of esters is 1. The van der Waals surface area contributed by atoms with Crippen molar-refractivity contribution in [3.63, 3.8) is 0 Å². The molecule has 4 rings (SSSR count). The zero-order chi connectivity index (χ0) is 26.5. The predicted octanol–water partition coefficient (Wildman–Crippen LogP) is 4.64. The number of rotatable bonds is 9. The lowest BCUT2D eigenvalue weighted by molar-refractivity contribution is -0.139. The molecule has 1 aliphatic heterocycles. The molecule has 0 saturated carbocycles. The van der Waals surface area contributed by atoms with Gasteiger partial charge < -0.3 is 14.2 Å². The zero-order valence-corrected chi connectivity index (χ0v) is 22.8. The molecule has 0 amide bonds. The molecule has 1 atom stereocenters. The molecule has 0 saturated heterocycles. The number of ether oxygens (including phenoxy) is 3. The smallest absolute Gasteiger partial charge is 0.338 e. The summed E-state index contributed by atoms with van der Waals surface area (Å²) in [5.74, 6) is 0.759. The van der Waals surface area contributed by atoms with Crippen LogP contribution in [0.3, 0.4) is 0 Å². The van der Waals surface area contributed by atoms with Gasteiger partial charge in [-0.1, -0.05) is 54.1 Å². The molecule has 194 valence electrons. The summed E-state index contributed by atoms with van der Waals surface area (Å²) in [4.78, 5) is 31.9. The average Bonchev–Trinajstić information content (AvgIpc) is 3.17. The van der Waals surface area contributed by atoms with E-state index in [1.54, 1.807) is 32.1 Å². The van der Waals surface area contributed by atoms with E-state index in [0.717, 1.165) is 12.0 Å². The van der Waals surface area contributed by atoms with Gasteiger partial charge in [0.15, 0.2) is 16.3 Å². The van der Waals surface area contributed by atoms with Crippen LogP contribution >= 0.6 is 22.9 Å². The van der Waals surface area contributed by atoms with Gasteiger partial charge in [-0.15, -0.1) is 0 Å². The van der Waals surface area contributed by atoms with Crippen LogP contribution < -0.4 is 24.4 Å². The fourth-order valence-electron chi connectivity index (χ4n) is 4.15. The number of benzene rings is 2. The van der Waals surface area contributed by atoms with Crippen molar-refractivity contribution in [2.24, 2.45) is 4.99 Å². The number of carbonyl (C=O) groups excluding carboxylic acids is 1. The maximum atomic E-state index is 13.8. The summed E-state index contributed by atoms with van der Waals surface area (Å²) in [6.07, 6.45) is 2.68. The van der Waals surface area contributed by atoms with E-state index in [0.29, 0.717) is 55.9 Å². The number of carbonyl (C=O) groups is 1. The van der Waals surface area contributed by atoms with E-state index in [1.807, 2.05) is 44.2 Å². The normalized spacial score (nSPS) is 15.3. The standard InChI is InChI=1S/C28H29ClN2O5S/c1-5-14-36-21-13-12-18(15-22(21)34-6-2)16-23-26(32)31-25(19-10-8-9-11-20(19)29)24(27(33)35-7-3)17(4)30-28(31)37-23/h8-13,15-16,25H,5-7,14H2,1-4H3/b23-16+/t25-/m1/s1. The van der Waals surface area contributed by atoms with E-state index < -0.39 is 12.0 Å². The average molecular weight is 541 g/mol. The Morgan fingerprint density at radius 3 is 2.59 bits per heavy atom. The van der Waals surface area contributed by atoms with E-state index in [-0.39, 0.29) is 12.2 Å². The maximum Gasteiger partial charge on any atom is 0.338 e. The monoisotopic (exact) mass is 540 g/mol. The molecule has 0 N–H and O–H groups in total. The lowest BCUT2D eigenvalue weighted by Gasteiger charge is -2.25. The van der Waals surface area contributed by atoms with Crippen molar-refractivity contribution in [1.82, 2.24) is 4.57 Å². The number of allylic oxidation sites excluding steroid dienone is 1. The van der Waals surface area contributed by atoms with E-state index in [1.165, 1.54) is 15.9 Å². The third-order valence-electron chi connectivity index (χ3n) is 5.74. The Hall–Kier alpha value is -3.36. The molecule has 1 aliphatic rings. The quantitative estimate of drug-likeness (QED) is 0.369. The first-order valence-electron chi connectivity index (χ1n) is 12.2. The molecule has 2 aromatic carbocycles. The van der Waals surface area contributed by atoms with Gasteiger partial charge in [-0.2, -0.15) is 0 Å². The Labute approximate surface area is 224 Å². The first kappa shape index (κ1) is 26.7. The van der Waals surface area contributed by atoms with Crippen LogP contribution in [-0.2, 0) is 9.53 Å². The highest BCUT2D eigenvalue weighted by atomic mass is 35.5. The SMILES string of the molecule is CCCOc1ccc(/C=c2/sc3n(c2=O)[C@H](c2ccccc2Cl)C(C(=O)OCC)=C(C)N=3)cc1OCC. The summed E-state index contributed by atoms with van der Waals surface area (Å²) >= 11 is 7.81. The van der Waals surface area contributed by atoms with E-state index in [2.05, 4.69) is 4.99 Å². The fourth-order valence-corrected chi connectivity index (χ4v) is 5.43. The zero-order valence-electron chi connectivity index (χ0n) is 21.2. The number of hydrogen-bond donors (Lipinski definition) is 0. The first-order valence-corrected chi connectivity index (χ1v) is 13.4. The molecule has 0 fully saturated rings. The minimum atomic E-state index is -0.755. The largest absolute Gasteiger partial charge is 0.490 e. The summed E-state index contributed by atoms with van der Waals surface area (Å²) in [6, 6.07) is 12.0. The summed E-state index contributed by atoms with van der Waals surface area (Å²) < 4.78 is 18.9. The molecule has 3 aromatic rings. The topological polar surface area (TPSA) is 79.1 Å². The maximum absolute atomic E-state index is 13.8. The van der Waals surface area contributed by atoms with Crippen LogP contribution in [0.15, 0.2) is 63.5 Å². The minimum absolute atomic E-state index is 0.204. The van der Waals surface area contributed by atoms with Gasteiger partial charge in [0, 0.05) is 5.02 Å². The number of aromatic nitrogens is 1. The molecule has 0 radical (unpaired) electrons.